The van der Waals surface area contributed by atoms with Gasteiger partial charge in [0.05, 0.1) is 0 Å². The summed E-state index contributed by atoms with van der Waals surface area (Å²) in [6.45, 7) is 3.08. The molecule has 0 radical (unpaired) electrons. The second-order valence-electron chi connectivity index (χ2n) is 3.68. The first-order valence-electron chi connectivity index (χ1n) is 5.20. The molecule has 2 aromatic heterocycles. The van der Waals surface area contributed by atoms with Crippen LogP contribution in [0, 0.1) is 6.92 Å². The van der Waals surface area contributed by atoms with Gasteiger partial charge in [-0.3, -0.25) is 4.98 Å². The molecule has 0 aromatic carbocycles. The van der Waals surface area contributed by atoms with Crippen molar-refractivity contribution in [3.8, 4) is 0 Å². The van der Waals surface area contributed by atoms with Gasteiger partial charge in [-0.1, -0.05) is 6.07 Å². The largest absolute Gasteiger partial charge is 1.00 e. The van der Waals surface area contributed by atoms with E-state index in [4.69, 9.17) is 0 Å². The fourth-order valence-corrected chi connectivity index (χ4v) is 1.47. The van der Waals surface area contributed by atoms with Gasteiger partial charge in [-0.15, -0.1) is 12.4 Å². The van der Waals surface area contributed by atoms with Crippen molar-refractivity contribution < 1.29 is 17.0 Å². The van der Waals surface area contributed by atoms with Crippen molar-refractivity contribution in [2.75, 3.05) is 0 Å². The first-order chi connectivity index (χ1) is 7.34. The Morgan fingerprint density at radius 2 is 1.82 bits per heavy atom. The van der Waals surface area contributed by atoms with Gasteiger partial charge in [0, 0.05) is 30.4 Å². The lowest BCUT2D eigenvalue weighted by molar-refractivity contribution is -0.696. The Kier molecular flexibility index (Phi) is 7.51. The third-order valence-corrected chi connectivity index (χ3v) is 2.41. The second-order valence-corrected chi connectivity index (χ2v) is 3.68. The molecular weight excluding hydrogens is 255 g/mol. The zero-order valence-corrected chi connectivity index (χ0v) is 11.3. The van der Waals surface area contributed by atoms with E-state index in [0.29, 0.717) is 0 Å². The zero-order chi connectivity index (χ0) is 10.5. The van der Waals surface area contributed by atoms with Gasteiger partial charge in [0.1, 0.15) is 0 Å². The SMILES string of the molecule is Cc1cc[n+](CCc2ccccn2)cc1.Cl.[Cl-]. The summed E-state index contributed by atoms with van der Waals surface area (Å²) in [6.07, 6.45) is 7.04. The van der Waals surface area contributed by atoms with Crippen LogP contribution in [0.15, 0.2) is 48.9 Å². The monoisotopic (exact) mass is 270 g/mol. The lowest BCUT2D eigenvalue weighted by Crippen LogP contribution is -3.00. The summed E-state index contributed by atoms with van der Waals surface area (Å²) in [5.74, 6) is 0. The van der Waals surface area contributed by atoms with Crippen LogP contribution in [0.25, 0.3) is 0 Å². The Morgan fingerprint density at radius 1 is 1.12 bits per heavy atom. The van der Waals surface area contributed by atoms with Crippen LogP contribution >= 0.6 is 12.4 Å². The smallest absolute Gasteiger partial charge is 0.169 e. The Bertz CT molecular complexity index is 415. The molecule has 0 aliphatic rings. The standard InChI is InChI=1S/C13H15N2.2ClH/c1-12-5-9-15(10-6-12)11-7-13-4-2-3-8-14-13;;/h2-6,8-10H,7,11H2,1H3;2*1H/q+1;;/p-1. The fourth-order valence-electron chi connectivity index (χ4n) is 1.47. The zero-order valence-electron chi connectivity index (χ0n) is 9.71. The van der Waals surface area contributed by atoms with Crippen LogP contribution in [0.3, 0.4) is 0 Å². The summed E-state index contributed by atoms with van der Waals surface area (Å²) in [6, 6.07) is 10.3. The molecule has 2 rings (SSSR count). The summed E-state index contributed by atoms with van der Waals surface area (Å²) >= 11 is 0. The highest BCUT2D eigenvalue weighted by Crippen LogP contribution is 1.95. The van der Waals surface area contributed by atoms with Crippen molar-refractivity contribution in [3.05, 3.63) is 60.2 Å². The maximum atomic E-state index is 4.30. The number of pyridine rings is 2. The molecule has 0 aliphatic heterocycles. The number of rotatable bonds is 3. The number of aromatic nitrogens is 2. The van der Waals surface area contributed by atoms with Crippen LogP contribution in [0.5, 0.6) is 0 Å². The molecule has 0 fully saturated rings. The molecule has 0 aliphatic carbocycles. The van der Waals surface area contributed by atoms with E-state index in [0.717, 1.165) is 18.7 Å². The predicted octanol–water partition coefficient (Wildman–Crippen LogP) is -0.654. The molecule has 0 atom stereocenters. The van der Waals surface area contributed by atoms with E-state index in [1.165, 1.54) is 5.56 Å². The van der Waals surface area contributed by atoms with Crippen molar-refractivity contribution in [2.45, 2.75) is 19.9 Å². The topological polar surface area (TPSA) is 16.8 Å². The molecule has 2 heterocycles. The average molecular weight is 271 g/mol. The van der Waals surface area contributed by atoms with Crippen LogP contribution in [-0.4, -0.2) is 4.98 Å². The molecule has 0 saturated carbocycles. The molecule has 0 N–H and O–H groups in total. The van der Waals surface area contributed by atoms with Crippen LogP contribution < -0.4 is 17.0 Å². The van der Waals surface area contributed by atoms with E-state index in [-0.39, 0.29) is 24.8 Å². The number of hydrogen-bond donors (Lipinski definition) is 0. The molecule has 4 heteroatoms. The highest BCUT2D eigenvalue weighted by molar-refractivity contribution is 5.85. The normalized spacial score (nSPS) is 9.00. The van der Waals surface area contributed by atoms with Crippen LogP contribution in [0.2, 0.25) is 0 Å². The van der Waals surface area contributed by atoms with Crippen LogP contribution in [0.1, 0.15) is 11.3 Å². The maximum Gasteiger partial charge on any atom is 0.169 e. The first-order valence-corrected chi connectivity index (χ1v) is 5.20. The van der Waals surface area contributed by atoms with Gasteiger partial charge in [0.15, 0.2) is 18.9 Å². The highest BCUT2D eigenvalue weighted by atomic mass is 35.5. The van der Waals surface area contributed by atoms with Gasteiger partial charge in [0.25, 0.3) is 0 Å². The summed E-state index contributed by atoms with van der Waals surface area (Å²) in [4.78, 5) is 4.30. The van der Waals surface area contributed by atoms with Gasteiger partial charge in [-0.2, -0.15) is 0 Å². The van der Waals surface area contributed by atoms with E-state index >= 15 is 0 Å². The van der Waals surface area contributed by atoms with E-state index in [2.05, 4.69) is 47.1 Å². The summed E-state index contributed by atoms with van der Waals surface area (Å²) in [5, 5.41) is 0. The third kappa shape index (κ3) is 5.16. The molecule has 0 unspecified atom stereocenters. The molecule has 0 saturated heterocycles. The van der Waals surface area contributed by atoms with E-state index in [1.54, 1.807) is 0 Å². The molecule has 0 amide bonds. The minimum absolute atomic E-state index is 0. The predicted molar refractivity (Wildman–Crippen MR) is 66.6 cm³/mol. The number of nitrogens with zero attached hydrogens (tertiary/aromatic N) is 2. The maximum absolute atomic E-state index is 4.30. The quantitative estimate of drug-likeness (QED) is 0.678. The number of halogens is 2. The highest BCUT2D eigenvalue weighted by Gasteiger charge is 2.00. The van der Waals surface area contributed by atoms with E-state index in [9.17, 15) is 0 Å². The second kappa shape index (κ2) is 8.04. The van der Waals surface area contributed by atoms with Crippen LogP contribution in [0.4, 0.5) is 0 Å². The average Bonchev–Trinajstić information content (AvgIpc) is 2.30. The summed E-state index contributed by atoms with van der Waals surface area (Å²) < 4.78 is 2.18. The van der Waals surface area contributed by atoms with Crippen molar-refractivity contribution in [1.82, 2.24) is 4.98 Å². The van der Waals surface area contributed by atoms with Gasteiger partial charge < -0.3 is 12.4 Å². The molecule has 0 spiro atoms. The van der Waals surface area contributed by atoms with E-state index < -0.39 is 0 Å². The summed E-state index contributed by atoms with van der Waals surface area (Å²) in [7, 11) is 0. The molecule has 0 bridgehead atoms. The third-order valence-electron chi connectivity index (χ3n) is 2.41. The van der Waals surface area contributed by atoms with E-state index in [1.807, 2.05) is 18.3 Å². The van der Waals surface area contributed by atoms with Gasteiger partial charge in [-0.25, -0.2) is 4.57 Å². The lowest BCUT2D eigenvalue weighted by atomic mass is 10.2. The number of aryl methyl sites for hydroxylation is 3. The van der Waals surface area contributed by atoms with Gasteiger partial charge in [0.2, 0.25) is 0 Å². The molecule has 17 heavy (non-hydrogen) atoms. The minimum Gasteiger partial charge on any atom is -1.00 e. The fraction of sp³-hybridized carbons (Fsp3) is 0.231. The van der Waals surface area contributed by atoms with Crippen molar-refractivity contribution in [3.63, 3.8) is 0 Å². The van der Waals surface area contributed by atoms with Crippen LogP contribution in [-0.2, 0) is 13.0 Å². The Hall–Kier alpha value is -1.12. The van der Waals surface area contributed by atoms with Crippen molar-refractivity contribution in [1.29, 1.82) is 0 Å². The van der Waals surface area contributed by atoms with Gasteiger partial charge in [-0.05, 0) is 24.6 Å². The molecular formula is C13H16Cl2N2. The molecule has 92 valence electrons. The van der Waals surface area contributed by atoms with Crippen molar-refractivity contribution >= 4 is 12.4 Å². The lowest BCUT2D eigenvalue weighted by Gasteiger charge is -1.97. The molecule has 2 nitrogen and oxygen atoms in total. The Balaban J connectivity index is 0.00000128. The molecule has 2 aromatic rings. The first kappa shape index (κ1) is 15.9. The Labute approximate surface area is 115 Å². The summed E-state index contributed by atoms with van der Waals surface area (Å²) in [5.41, 5.74) is 2.44. The Morgan fingerprint density at radius 3 is 2.41 bits per heavy atom. The number of hydrogen-bond acceptors (Lipinski definition) is 1. The van der Waals surface area contributed by atoms with Crippen molar-refractivity contribution in [2.24, 2.45) is 0 Å². The van der Waals surface area contributed by atoms with Gasteiger partial charge >= 0.3 is 0 Å². The minimum atomic E-state index is 0.